The van der Waals surface area contributed by atoms with Gasteiger partial charge in [-0.3, -0.25) is 4.79 Å². The molecule has 2 rings (SSSR count). The molecule has 1 amide bonds. The molecule has 0 aliphatic rings. The number of carbonyl (C=O) groups is 1. The zero-order valence-corrected chi connectivity index (χ0v) is 13.9. The third kappa shape index (κ3) is 4.24. The minimum Gasteiger partial charge on any atom is -0.323 e. The Kier molecular flexibility index (Phi) is 5.33. The van der Waals surface area contributed by atoms with E-state index in [4.69, 9.17) is 46.4 Å². The molecule has 0 saturated carbocycles. The molecule has 0 spiro atoms. The number of halogens is 4. The molecule has 21 heavy (non-hydrogen) atoms. The Morgan fingerprint density at radius 1 is 1.14 bits per heavy atom. The Morgan fingerprint density at radius 3 is 2.48 bits per heavy atom. The van der Waals surface area contributed by atoms with Gasteiger partial charge in [0, 0.05) is 0 Å². The average molecular weight is 364 g/mol. The van der Waals surface area contributed by atoms with E-state index in [0.29, 0.717) is 15.7 Å². The quantitative estimate of drug-likeness (QED) is 0.763. The van der Waals surface area contributed by atoms with Gasteiger partial charge in [0.1, 0.15) is 5.15 Å². The van der Waals surface area contributed by atoms with Crippen LogP contribution in [0.3, 0.4) is 0 Å². The van der Waals surface area contributed by atoms with Gasteiger partial charge in [0.25, 0.3) is 0 Å². The maximum atomic E-state index is 12.1. The van der Waals surface area contributed by atoms with Gasteiger partial charge in [-0.2, -0.15) is 0 Å². The van der Waals surface area contributed by atoms with Gasteiger partial charge in [-0.15, -0.1) is 0 Å². The lowest BCUT2D eigenvalue weighted by Crippen LogP contribution is -2.16. The van der Waals surface area contributed by atoms with Crippen LogP contribution in [0.5, 0.6) is 0 Å². The van der Waals surface area contributed by atoms with Crippen molar-refractivity contribution in [1.29, 1.82) is 0 Å². The van der Waals surface area contributed by atoms with Crippen LogP contribution < -0.4 is 5.32 Å². The molecule has 0 saturated heterocycles. The van der Waals surface area contributed by atoms with Crippen molar-refractivity contribution in [3.05, 3.63) is 55.7 Å². The summed E-state index contributed by atoms with van der Waals surface area (Å²) in [5.74, 6) is -0.234. The summed E-state index contributed by atoms with van der Waals surface area (Å²) in [4.78, 5) is 16.0. The van der Waals surface area contributed by atoms with Crippen molar-refractivity contribution in [1.82, 2.24) is 4.98 Å². The highest BCUT2D eigenvalue weighted by atomic mass is 35.5. The number of aryl methyl sites for hydroxylation is 1. The Labute approximate surface area is 142 Å². The summed E-state index contributed by atoms with van der Waals surface area (Å²) in [7, 11) is 0. The Bertz CT molecular complexity index is 680. The van der Waals surface area contributed by atoms with Crippen molar-refractivity contribution in [2.75, 3.05) is 5.32 Å². The SMILES string of the molecule is Cc1cc(Cl)nc(Cl)c1NC(=O)Cc1ccc(Cl)c(Cl)c1. The Morgan fingerprint density at radius 2 is 1.86 bits per heavy atom. The lowest BCUT2D eigenvalue weighted by molar-refractivity contribution is -0.115. The summed E-state index contributed by atoms with van der Waals surface area (Å²) >= 11 is 23.5. The molecule has 7 heteroatoms. The fourth-order valence-corrected chi connectivity index (χ4v) is 2.66. The zero-order chi connectivity index (χ0) is 15.6. The van der Waals surface area contributed by atoms with E-state index in [0.717, 1.165) is 11.1 Å². The van der Waals surface area contributed by atoms with Crippen molar-refractivity contribution in [3.8, 4) is 0 Å². The van der Waals surface area contributed by atoms with E-state index in [-0.39, 0.29) is 22.6 Å². The van der Waals surface area contributed by atoms with Gasteiger partial charge in [-0.05, 0) is 36.2 Å². The molecule has 0 atom stereocenters. The van der Waals surface area contributed by atoms with Crippen LogP contribution in [0.4, 0.5) is 5.69 Å². The molecule has 2 aromatic rings. The average Bonchev–Trinajstić information content (AvgIpc) is 2.38. The number of carbonyl (C=O) groups excluding carboxylic acids is 1. The number of aromatic nitrogens is 1. The number of hydrogen-bond donors (Lipinski definition) is 1. The van der Waals surface area contributed by atoms with E-state index < -0.39 is 0 Å². The van der Waals surface area contributed by atoms with E-state index in [2.05, 4.69) is 10.3 Å². The largest absolute Gasteiger partial charge is 0.323 e. The number of nitrogens with one attached hydrogen (secondary N) is 1. The molecule has 1 N–H and O–H groups in total. The van der Waals surface area contributed by atoms with Crippen molar-refractivity contribution >= 4 is 58.0 Å². The van der Waals surface area contributed by atoms with Gasteiger partial charge >= 0.3 is 0 Å². The first kappa shape index (κ1) is 16.4. The highest BCUT2D eigenvalue weighted by Crippen LogP contribution is 2.27. The summed E-state index contributed by atoms with van der Waals surface area (Å²) in [6.45, 7) is 1.79. The molecule has 0 unspecified atom stereocenters. The fourth-order valence-electron chi connectivity index (χ4n) is 1.76. The van der Waals surface area contributed by atoms with E-state index in [1.54, 1.807) is 31.2 Å². The Balaban J connectivity index is 2.13. The first-order valence-corrected chi connectivity index (χ1v) is 7.44. The van der Waals surface area contributed by atoms with Crippen LogP contribution in [0.15, 0.2) is 24.3 Å². The highest BCUT2D eigenvalue weighted by Gasteiger charge is 2.12. The molecule has 1 aromatic carbocycles. The Hall–Kier alpha value is -1.000. The number of amides is 1. The number of anilines is 1. The maximum absolute atomic E-state index is 12.1. The number of benzene rings is 1. The van der Waals surface area contributed by atoms with Crippen LogP contribution in [-0.4, -0.2) is 10.9 Å². The lowest BCUT2D eigenvalue weighted by atomic mass is 10.1. The number of pyridine rings is 1. The molecule has 0 aliphatic carbocycles. The fraction of sp³-hybridized carbons (Fsp3) is 0.143. The first-order valence-electron chi connectivity index (χ1n) is 5.93. The van der Waals surface area contributed by atoms with Crippen LogP contribution in [0.25, 0.3) is 0 Å². The van der Waals surface area contributed by atoms with E-state index in [1.165, 1.54) is 0 Å². The molecule has 0 bridgehead atoms. The lowest BCUT2D eigenvalue weighted by Gasteiger charge is -2.10. The molecule has 3 nitrogen and oxygen atoms in total. The predicted molar refractivity (Wildman–Crippen MR) is 87.8 cm³/mol. The predicted octanol–water partition coefficient (Wildman–Crippen LogP) is 5.18. The molecule has 110 valence electrons. The number of nitrogens with zero attached hydrogens (tertiary/aromatic N) is 1. The van der Waals surface area contributed by atoms with Gasteiger partial charge in [-0.1, -0.05) is 52.5 Å². The third-order valence-corrected chi connectivity index (χ3v) is 3.96. The molecular weight excluding hydrogens is 354 g/mol. The molecule has 0 radical (unpaired) electrons. The van der Waals surface area contributed by atoms with Crippen LogP contribution in [0.1, 0.15) is 11.1 Å². The van der Waals surface area contributed by atoms with Crippen molar-refractivity contribution in [2.24, 2.45) is 0 Å². The monoisotopic (exact) mass is 362 g/mol. The normalized spacial score (nSPS) is 10.5. The second kappa shape index (κ2) is 6.84. The summed E-state index contributed by atoms with van der Waals surface area (Å²) in [5, 5.41) is 4.01. The molecule has 1 heterocycles. The second-order valence-corrected chi connectivity index (χ2v) is 5.96. The minimum absolute atomic E-state index is 0.148. The summed E-state index contributed by atoms with van der Waals surface area (Å²) in [5.41, 5.74) is 1.94. The standard InChI is InChI=1S/C14H10Cl4N2O/c1-7-4-11(17)19-14(18)13(7)20-12(21)6-8-2-3-9(15)10(16)5-8/h2-5H,6H2,1H3,(H,20,21). The maximum Gasteiger partial charge on any atom is 0.228 e. The van der Waals surface area contributed by atoms with Gasteiger partial charge in [0.05, 0.1) is 22.2 Å². The van der Waals surface area contributed by atoms with Crippen molar-refractivity contribution in [2.45, 2.75) is 13.3 Å². The highest BCUT2D eigenvalue weighted by molar-refractivity contribution is 6.42. The van der Waals surface area contributed by atoms with Crippen molar-refractivity contribution < 1.29 is 4.79 Å². The molecule has 0 fully saturated rings. The van der Waals surface area contributed by atoms with E-state index in [1.807, 2.05) is 0 Å². The van der Waals surface area contributed by atoms with Crippen LogP contribution >= 0.6 is 46.4 Å². The van der Waals surface area contributed by atoms with Gasteiger partial charge < -0.3 is 5.32 Å². The topological polar surface area (TPSA) is 42.0 Å². The first-order chi connectivity index (χ1) is 9.86. The molecular formula is C14H10Cl4N2O. The van der Waals surface area contributed by atoms with Crippen molar-refractivity contribution in [3.63, 3.8) is 0 Å². The van der Waals surface area contributed by atoms with Gasteiger partial charge in [0.15, 0.2) is 5.15 Å². The van der Waals surface area contributed by atoms with Gasteiger partial charge in [-0.25, -0.2) is 4.98 Å². The summed E-state index contributed by atoms with van der Waals surface area (Å²) in [6.07, 6.45) is 0.148. The van der Waals surface area contributed by atoms with Crippen LogP contribution in [0, 0.1) is 6.92 Å². The second-order valence-electron chi connectivity index (χ2n) is 4.40. The summed E-state index contributed by atoms with van der Waals surface area (Å²) < 4.78 is 0. The third-order valence-electron chi connectivity index (χ3n) is 2.75. The summed E-state index contributed by atoms with van der Waals surface area (Å²) in [6, 6.07) is 6.66. The van der Waals surface area contributed by atoms with E-state index in [9.17, 15) is 4.79 Å². The van der Waals surface area contributed by atoms with Gasteiger partial charge in [0.2, 0.25) is 5.91 Å². The molecule has 1 aromatic heterocycles. The smallest absolute Gasteiger partial charge is 0.228 e. The zero-order valence-electron chi connectivity index (χ0n) is 10.9. The number of rotatable bonds is 3. The van der Waals surface area contributed by atoms with Crippen LogP contribution in [0.2, 0.25) is 20.4 Å². The van der Waals surface area contributed by atoms with E-state index >= 15 is 0 Å². The minimum atomic E-state index is -0.234. The number of hydrogen-bond acceptors (Lipinski definition) is 2. The van der Waals surface area contributed by atoms with Crippen LogP contribution in [-0.2, 0) is 11.2 Å². The molecule has 0 aliphatic heterocycles.